The van der Waals surface area contributed by atoms with Crippen molar-refractivity contribution in [1.82, 2.24) is 0 Å². The summed E-state index contributed by atoms with van der Waals surface area (Å²) in [6, 6.07) is 0. The molecule has 0 radical (unpaired) electrons. The molecule has 0 rings (SSSR count). The lowest BCUT2D eigenvalue weighted by Gasteiger charge is -2.24. The molecule has 11 heavy (non-hydrogen) atoms. The molecule has 1 unspecified atom stereocenters. The summed E-state index contributed by atoms with van der Waals surface area (Å²) in [5.74, 6) is 0. The molecular formula is C5H12O6. The normalized spacial score (nSPS) is 15.0. The van der Waals surface area contributed by atoms with Gasteiger partial charge in [0.25, 0.3) is 6.48 Å². The first-order chi connectivity index (χ1) is 5.08. The Morgan fingerprint density at radius 1 is 1.18 bits per heavy atom. The maximum absolute atomic E-state index is 9.02. The first-order valence-electron chi connectivity index (χ1n) is 2.79. The molecule has 0 aliphatic heterocycles. The molecule has 68 valence electrons. The molecule has 0 spiro atoms. The molecule has 0 aromatic heterocycles. The Balaban J connectivity index is 3.86. The fourth-order valence-corrected chi connectivity index (χ4v) is 0.355. The van der Waals surface area contributed by atoms with Gasteiger partial charge in [0.15, 0.2) is 0 Å². The van der Waals surface area contributed by atoms with Gasteiger partial charge in [0.1, 0.15) is 0 Å². The van der Waals surface area contributed by atoms with Gasteiger partial charge >= 0.3 is 6.16 Å². The van der Waals surface area contributed by atoms with Gasteiger partial charge in [0.05, 0.1) is 0 Å². The molecule has 0 fully saturated rings. The summed E-state index contributed by atoms with van der Waals surface area (Å²) in [5, 5.41) is 17.7. The lowest BCUT2D eigenvalue weighted by atomic mass is 11.0. The van der Waals surface area contributed by atoms with E-state index in [1.807, 2.05) is 0 Å². The summed E-state index contributed by atoms with van der Waals surface area (Å²) in [7, 11) is 3.48. The van der Waals surface area contributed by atoms with Crippen LogP contribution >= 0.6 is 0 Å². The Morgan fingerprint density at radius 2 is 1.64 bits per heavy atom. The van der Waals surface area contributed by atoms with Crippen molar-refractivity contribution in [3.05, 3.63) is 0 Å². The minimum Gasteiger partial charge on any atom is -0.346 e. The molecule has 2 N–H and O–H groups in total. The molecule has 6 heteroatoms. The van der Waals surface area contributed by atoms with Crippen LogP contribution < -0.4 is 0 Å². The second-order valence-corrected chi connectivity index (χ2v) is 1.59. The molecule has 0 bridgehead atoms. The van der Waals surface area contributed by atoms with Gasteiger partial charge in [-0.05, 0) is 0 Å². The van der Waals surface area contributed by atoms with Crippen molar-refractivity contribution in [1.29, 1.82) is 0 Å². The molecule has 0 aliphatic carbocycles. The highest BCUT2D eigenvalue weighted by atomic mass is 17.0. The lowest BCUT2D eigenvalue weighted by molar-refractivity contribution is -0.519. The largest absolute Gasteiger partial charge is 0.413 e. The van der Waals surface area contributed by atoms with Crippen molar-refractivity contribution in [2.24, 2.45) is 0 Å². The van der Waals surface area contributed by atoms with Crippen molar-refractivity contribution in [3.63, 3.8) is 0 Å². The first-order valence-corrected chi connectivity index (χ1v) is 2.79. The molecule has 6 nitrogen and oxygen atoms in total. The Bertz CT molecular complexity index is 101. The van der Waals surface area contributed by atoms with Gasteiger partial charge in [-0.3, -0.25) is 0 Å². The van der Waals surface area contributed by atoms with E-state index in [-0.39, 0.29) is 0 Å². The highest BCUT2D eigenvalue weighted by molar-refractivity contribution is 4.29. The van der Waals surface area contributed by atoms with Gasteiger partial charge < -0.3 is 24.4 Å². The summed E-state index contributed by atoms with van der Waals surface area (Å²) in [6.45, 7) is -1.60. The molecule has 0 saturated heterocycles. The summed E-state index contributed by atoms with van der Waals surface area (Å²) in [5.41, 5.74) is 0. The molecule has 0 aliphatic rings. The predicted molar refractivity (Wildman–Crippen MR) is 33.1 cm³/mol. The van der Waals surface area contributed by atoms with Gasteiger partial charge in [-0.25, -0.2) is 4.74 Å². The van der Waals surface area contributed by atoms with Gasteiger partial charge in [-0.1, -0.05) is 0 Å². The van der Waals surface area contributed by atoms with E-state index in [1.165, 1.54) is 7.11 Å². The number of aliphatic hydroxyl groups excluding tert-OH is 1. The molecule has 1 atom stereocenters. The van der Waals surface area contributed by atoms with Crippen LogP contribution in [0.3, 0.4) is 0 Å². The van der Waals surface area contributed by atoms with Crippen LogP contribution in [0.15, 0.2) is 0 Å². The number of rotatable bonds is 5. The first kappa shape index (κ1) is 10.8. The maximum atomic E-state index is 9.02. The molecule has 0 amide bonds. The van der Waals surface area contributed by atoms with Gasteiger partial charge in [-0.15, -0.1) is 0 Å². The van der Waals surface area contributed by atoms with Crippen molar-refractivity contribution in [3.8, 4) is 0 Å². The van der Waals surface area contributed by atoms with Crippen molar-refractivity contribution in [2.45, 2.75) is 12.6 Å². The van der Waals surface area contributed by atoms with E-state index in [4.69, 9.17) is 10.2 Å². The molecule has 0 aromatic carbocycles. The van der Waals surface area contributed by atoms with Crippen LogP contribution in [0.2, 0.25) is 0 Å². The summed E-state index contributed by atoms with van der Waals surface area (Å²) < 4.78 is 17.3. The van der Waals surface area contributed by atoms with E-state index >= 15 is 0 Å². The number of methoxy groups -OCH3 is 3. The third kappa shape index (κ3) is 3.61. The maximum Gasteiger partial charge on any atom is 0.413 e. The second kappa shape index (κ2) is 4.60. The molecule has 0 saturated carbocycles. The van der Waals surface area contributed by atoms with Gasteiger partial charge in [0.2, 0.25) is 0 Å². The molecule has 0 aromatic rings. The Labute approximate surface area is 64.2 Å². The zero-order valence-corrected chi connectivity index (χ0v) is 6.60. The number of aliphatic hydroxyl groups is 2. The van der Waals surface area contributed by atoms with Crippen LogP contribution in [0.5, 0.6) is 0 Å². The highest BCUT2D eigenvalue weighted by Gasteiger charge is 2.31. The van der Waals surface area contributed by atoms with Crippen molar-refractivity contribution in [2.75, 3.05) is 21.3 Å². The van der Waals surface area contributed by atoms with Crippen molar-refractivity contribution >= 4 is 0 Å². The number of hydrogen-bond donors (Lipinski definition) is 2. The second-order valence-electron chi connectivity index (χ2n) is 1.59. The monoisotopic (exact) mass is 168 g/mol. The van der Waals surface area contributed by atoms with Crippen LogP contribution in [0.4, 0.5) is 0 Å². The van der Waals surface area contributed by atoms with E-state index < -0.39 is 12.6 Å². The Kier molecular flexibility index (Phi) is 4.50. The molecular weight excluding hydrogens is 156 g/mol. The minimum atomic E-state index is -2.27. The van der Waals surface area contributed by atoms with Crippen LogP contribution in [-0.2, 0) is 18.9 Å². The standard InChI is InChI=1S/C5H12O6/c1-8-4(6)11-5(7,9-2)10-3/h4,6-7H,1-3H3. The van der Waals surface area contributed by atoms with E-state index in [0.29, 0.717) is 0 Å². The molecule has 0 heterocycles. The van der Waals surface area contributed by atoms with Gasteiger partial charge in [-0.2, -0.15) is 0 Å². The van der Waals surface area contributed by atoms with Crippen LogP contribution in [0, 0.1) is 0 Å². The van der Waals surface area contributed by atoms with Crippen LogP contribution in [-0.4, -0.2) is 44.2 Å². The zero-order valence-electron chi connectivity index (χ0n) is 6.60. The van der Waals surface area contributed by atoms with E-state index in [2.05, 4.69) is 18.9 Å². The van der Waals surface area contributed by atoms with E-state index in [0.717, 1.165) is 14.2 Å². The Hall–Kier alpha value is -0.240. The average Bonchev–Trinajstić information content (AvgIpc) is 2.04. The third-order valence-corrected chi connectivity index (χ3v) is 0.967. The average molecular weight is 168 g/mol. The fraction of sp³-hybridized carbons (Fsp3) is 1.00. The Morgan fingerprint density at radius 3 is 1.91 bits per heavy atom. The predicted octanol–water partition coefficient (Wildman–Crippen LogP) is -1.18. The zero-order chi connectivity index (χ0) is 8.91. The van der Waals surface area contributed by atoms with Crippen molar-refractivity contribution < 1.29 is 29.2 Å². The fourth-order valence-electron chi connectivity index (χ4n) is 0.355. The summed E-state index contributed by atoms with van der Waals surface area (Å²) >= 11 is 0. The quantitative estimate of drug-likeness (QED) is 0.503. The third-order valence-electron chi connectivity index (χ3n) is 0.967. The van der Waals surface area contributed by atoms with E-state index in [9.17, 15) is 0 Å². The summed E-state index contributed by atoms with van der Waals surface area (Å²) in [4.78, 5) is 0. The van der Waals surface area contributed by atoms with E-state index in [1.54, 1.807) is 0 Å². The van der Waals surface area contributed by atoms with Gasteiger partial charge in [0, 0.05) is 21.3 Å². The minimum absolute atomic E-state index is 1.14. The number of hydrogen-bond acceptors (Lipinski definition) is 6. The SMILES string of the molecule is COC(O)OC(O)(OC)OC. The lowest BCUT2D eigenvalue weighted by Crippen LogP contribution is -2.40. The number of ether oxygens (including phenoxy) is 4. The van der Waals surface area contributed by atoms with Crippen LogP contribution in [0.25, 0.3) is 0 Å². The summed E-state index contributed by atoms with van der Waals surface area (Å²) in [6.07, 6.45) is -2.27. The van der Waals surface area contributed by atoms with Crippen LogP contribution in [0.1, 0.15) is 0 Å². The highest BCUT2D eigenvalue weighted by Crippen LogP contribution is 2.10. The topological polar surface area (TPSA) is 77.4 Å². The smallest absolute Gasteiger partial charge is 0.346 e.